The summed E-state index contributed by atoms with van der Waals surface area (Å²) in [4.78, 5) is 52.8. The van der Waals surface area contributed by atoms with E-state index in [0.717, 1.165) is 28.7 Å². The zero-order valence-electron chi connectivity index (χ0n) is 37.9. The molecule has 2 heterocycles. The molecule has 0 spiro atoms. The highest BCUT2D eigenvalue weighted by molar-refractivity contribution is 5.77. The van der Waals surface area contributed by atoms with Crippen molar-refractivity contribution in [2.75, 3.05) is 6.61 Å². The molecular formula is C48H70O10. The first-order valence-electron chi connectivity index (χ1n) is 21.0. The number of benzene rings is 2. The van der Waals surface area contributed by atoms with Crippen LogP contribution in [-0.4, -0.2) is 61.0 Å². The highest BCUT2D eigenvalue weighted by Crippen LogP contribution is 2.44. The normalized spacial score (nSPS) is 28.3. The van der Waals surface area contributed by atoms with Crippen LogP contribution in [0.4, 0.5) is 0 Å². The van der Waals surface area contributed by atoms with Crippen molar-refractivity contribution < 1.29 is 47.6 Å². The summed E-state index contributed by atoms with van der Waals surface area (Å²) in [7, 11) is 0. The molecule has 10 atom stereocenters. The quantitative estimate of drug-likeness (QED) is 0.179. The van der Waals surface area contributed by atoms with E-state index in [2.05, 4.69) is 32.9 Å². The summed E-state index contributed by atoms with van der Waals surface area (Å²) in [6.45, 7) is 29.6. The number of rotatable bonds is 9. The molecule has 2 aliphatic rings. The maximum absolute atomic E-state index is 13.4. The van der Waals surface area contributed by atoms with E-state index < -0.39 is 82.1 Å². The zero-order chi connectivity index (χ0) is 43.7. The summed E-state index contributed by atoms with van der Waals surface area (Å²) in [5, 5.41) is 0. The van der Waals surface area contributed by atoms with Gasteiger partial charge < -0.3 is 28.4 Å². The predicted octanol–water partition coefficient (Wildman–Crippen LogP) is 10.0. The number of esters is 4. The Hall–Kier alpha value is -3.76. The number of hydrogen-bond donors (Lipinski definition) is 0. The van der Waals surface area contributed by atoms with Crippen molar-refractivity contribution in [2.24, 2.45) is 39.4 Å². The largest absolute Gasteiger partial charge is 0.462 e. The first-order chi connectivity index (χ1) is 26.6. The van der Waals surface area contributed by atoms with Gasteiger partial charge in [0.15, 0.2) is 6.10 Å². The Balaban J connectivity index is 1.66. The molecule has 0 aliphatic carbocycles. The molecule has 2 aromatic carbocycles. The maximum atomic E-state index is 13.4. The van der Waals surface area contributed by atoms with Gasteiger partial charge in [0.1, 0.15) is 31.0 Å². The van der Waals surface area contributed by atoms with Gasteiger partial charge >= 0.3 is 23.9 Å². The van der Waals surface area contributed by atoms with Crippen LogP contribution in [0.25, 0.3) is 11.1 Å². The molecule has 10 nitrogen and oxygen atoms in total. The Morgan fingerprint density at radius 1 is 0.483 bits per heavy atom. The van der Waals surface area contributed by atoms with E-state index in [1.54, 1.807) is 62.3 Å². The van der Waals surface area contributed by atoms with Gasteiger partial charge in [-0.15, -0.1) is 0 Å². The van der Waals surface area contributed by atoms with Gasteiger partial charge in [-0.2, -0.15) is 0 Å². The van der Waals surface area contributed by atoms with E-state index in [-0.39, 0.29) is 30.5 Å². The molecule has 2 saturated heterocycles. The van der Waals surface area contributed by atoms with Crippen LogP contribution in [0.3, 0.4) is 0 Å². The third-order valence-corrected chi connectivity index (χ3v) is 11.3. The van der Waals surface area contributed by atoms with Crippen molar-refractivity contribution in [1.82, 2.24) is 0 Å². The molecule has 0 bridgehead atoms. The smallest absolute Gasteiger partial charge is 0.311 e. The van der Waals surface area contributed by atoms with Crippen molar-refractivity contribution in [3.8, 4) is 11.1 Å². The van der Waals surface area contributed by atoms with Gasteiger partial charge in [0.2, 0.25) is 0 Å². The number of carbonyl (C=O) groups excluding carboxylic acids is 4. The van der Waals surface area contributed by atoms with Crippen LogP contribution < -0.4 is 0 Å². The van der Waals surface area contributed by atoms with Crippen LogP contribution in [0.1, 0.15) is 141 Å². The summed E-state index contributed by atoms with van der Waals surface area (Å²) in [6, 6.07) is 16.2. The minimum atomic E-state index is -1.03. The molecule has 322 valence electrons. The molecule has 0 aromatic heterocycles. The molecule has 10 heteroatoms. The summed E-state index contributed by atoms with van der Waals surface area (Å²) >= 11 is 0. The lowest BCUT2D eigenvalue weighted by Crippen LogP contribution is -2.57. The van der Waals surface area contributed by atoms with Gasteiger partial charge in [-0.25, -0.2) is 0 Å². The van der Waals surface area contributed by atoms with Gasteiger partial charge in [0.25, 0.3) is 0 Å². The van der Waals surface area contributed by atoms with E-state index in [1.807, 2.05) is 64.1 Å². The van der Waals surface area contributed by atoms with Crippen LogP contribution in [0, 0.1) is 39.4 Å². The lowest BCUT2D eigenvalue weighted by molar-refractivity contribution is -0.240. The number of hydrogen-bond acceptors (Lipinski definition) is 10. The predicted molar refractivity (Wildman–Crippen MR) is 223 cm³/mol. The van der Waals surface area contributed by atoms with Crippen LogP contribution in [-0.2, 0) is 47.6 Å². The van der Waals surface area contributed by atoms with Crippen molar-refractivity contribution in [3.05, 3.63) is 59.7 Å². The Kier molecular flexibility index (Phi) is 14.4. The van der Waals surface area contributed by atoms with Gasteiger partial charge in [-0.3, -0.25) is 19.2 Å². The monoisotopic (exact) mass is 806 g/mol. The topological polar surface area (TPSA) is 124 Å². The van der Waals surface area contributed by atoms with Crippen LogP contribution in [0.5, 0.6) is 0 Å². The van der Waals surface area contributed by atoms with E-state index >= 15 is 0 Å². The molecule has 2 fully saturated rings. The Morgan fingerprint density at radius 3 is 1.28 bits per heavy atom. The van der Waals surface area contributed by atoms with Crippen molar-refractivity contribution >= 4 is 23.9 Å². The summed E-state index contributed by atoms with van der Waals surface area (Å²) in [6.07, 6.45) is -3.35. The van der Waals surface area contributed by atoms with E-state index in [9.17, 15) is 19.2 Å². The Bertz CT molecular complexity index is 1740. The molecule has 0 radical (unpaired) electrons. The van der Waals surface area contributed by atoms with Crippen LogP contribution in [0.2, 0.25) is 0 Å². The van der Waals surface area contributed by atoms with E-state index in [0.29, 0.717) is 0 Å². The first-order valence-corrected chi connectivity index (χ1v) is 21.0. The lowest BCUT2D eigenvalue weighted by atomic mass is 9.78. The molecule has 58 heavy (non-hydrogen) atoms. The van der Waals surface area contributed by atoms with E-state index in [4.69, 9.17) is 28.4 Å². The van der Waals surface area contributed by atoms with Crippen molar-refractivity contribution in [2.45, 2.75) is 160 Å². The standard InChI is InChI=1S/C48H70O10/c1-17-34-27(2)28(3)37(56-42(50)46(8,9)10)39(54-34)33-24-20-31(21-25-33)30-18-22-32(23-19-30)36-29(4)38(57-43(51)47(11,12)13)40(58-44(52)48(14,15)16)35(55-36)26-53-41(49)45(5,6)7/h18-25,27-29,34-40H,17,26H2,1-16H3/t27-,28-,29+,34+,35+,36-,37-,38+,39+,40+/m0/s1. The van der Waals surface area contributed by atoms with E-state index in [1.165, 1.54) is 0 Å². The number of carbonyl (C=O) groups is 4. The molecule has 0 saturated carbocycles. The lowest BCUT2D eigenvalue weighted by Gasteiger charge is -2.45. The third-order valence-electron chi connectivity index (χ3n) is 11.3. The Morgan fingerprint density at radius 2 is 0.862 bits per heavy atom. The van der Waals surface area contributed by atoms with Crippen LogP contribution >= 0.6 is 0 Å². The van der Waals surface area contributed by atoms with Gasteiger partial charge in [0, 0.05) is 11.8 Å². The van der Waals surface area contributed by atoms with Crippen LogP contribution in [0.15, 0.2) is 48.5 Å². The summed E-state index contributed by atoms with van der Waals surface area (Å²) in [5.74, 6) is -1.73. The number of ether oxygens (including phenoxy) is 6. The highest BCUT2D eigenvalue weighted by Gasteiger charge is 2.51. The average molecular weight is 807 g/mol. The third kappa shape index (κ3) is 11.1. The summed E-state index contributed by atoms with van der Waals surface area (Å²) in [5.41, 5.74) is 0.642. The second-order valence-corrected chi connectivity index (χ2v) is 20.6. The molecular weight excluding hydrogens is 737 g/mol. The Labute approximate surface area is 347 Å². The minimum absolute atomic E-state index is 0.0451. The SMILES string of the molecule is CC[C@H]1O[C@H](c2ccc(-c3ccc([C@H]4O[C@H](COC(=O)C(C)(C)C)[C@@H](OC(=O)C(C)(C)C)[C@H](OC(=O)C(C)(C)C)[C@@H]4C)cc3)cc2)[C@@H](OC(=O)C(C)(C)C)[C@@H](C)[C@@H]1C. The average Bonchev–Trinajstić information content (AvgIpc) is 3.13. The van der Waals surface area contributed by atoms with Gasteiger partial charge in [-0.1, -0.05) is 76.2 Å². The fourth-order valence-corrected chi connectivity index (χ4v) is 7.12. The molecule has 4 rings (SSSR count). The fourth-order valence-electron chi connectivity index (χ4n) is 7.12. The molecule has 0 unspecified atom stereocenters. The molecule has 2 aromatic rings. The highest BCUT2D eigenvalue weighted by atomic mass is 16.6. The van der Waals surface area contributed by atoms with Crippen molar-refractivity contribution in [1.29, 1.82) is 0 Å². The molecule has 0 amide bonds. The zero-order valence-corrected chi connectivity index (χ0v) is 37.9. The van der Waals surface area contributed by atoms with Gasteiger partial charge in [0.05, 0.1) is 33.9 Å². The molecule has 0 N–H and O–H groups in total. The van der Waals surface area contributed by atoms with Crippen molar-refractivity contribution in [3.63, 3.8) is 0 Å². The summed E-state index contributed by atoms with van der Waals surface area (Å²) < 4.78 is 37.6. The second-order valence-electron chi connectivity index (χ2n) is 20.6. The maximum Gasteiger partial charge on any atom is 0.311 e. The second kappa shape index (κ2) is 17.8. The van der Waals surface area contributed by atoms with Gasteiger partial charge in [-0.05, 0) is 118 Å². The molecule has 2 aliphatic heterocycles. The minimum Gasteiger partial charge on any atom is -0.462 e. The first kappa shape index (κ1) is 46.9. The fraction of sp³-hybridized carbons (Fsp3) is 0.667.